The zero-order valence-corrected chi connectivity index (χ0v) is 14.8. The number of nitrogens with zero attached hydrogens (tertiary/aromatic N) is 2. The maximum atomic E-state index is 12.1. The first-order valence-electron chi connectivity index (χ1n) is 9.29. The summed E-state index contributed by atoms with van der Waals surface area (Å²) in [4.78, 5) is 16.6. The van der Waals surface area contributed by atoms with Gasteiger partial charge in [-0.2, -0.15) is 0 Å². The summed E-state index contributed by atoms with van der Waals surface area (Å²) in [5.41, 5.74) is 0. The van der Waals surface area contributed by atoms with Crippen molar-refractivity contribution in [3.8, 4) is 0 Å². The number of rotatable bonds is 5. The third kappa shape index (κ3) is 5.79. The standard InChI is InChI=1S/C18H35N3O/c1-15-6-10-21(11-7-15)18(22)19-8-4-5-9-20-13-16(2)12-17(3)14-20/h15-17H,4-14H2,1-3H3,(H,19,22). The molecule has 0 aromatic carbocycles. The number of carbonyl (C=O) groups is 1. The van der Waals surface area contributed by atoms with Crippen molar-refractivity contribution in [3.05, 3.63) is 0 Å². The number of urea groups is 1. The molecule has 2 heterocycles. The summed E-state index contributed by atoms with van der Waals surface area (Å²) in [5.74, 6) is 2.45. The molecule has 2 saturated heterocycles. The molecule has 0 aliphatic carbocycles. The molecular weight excluding hydrogens is 274 g/mol. The summed E-state index contributed by atoms with van der Waals surface area (Å²) in [5, 5.41) is 3.09. The van der Waals surface area contributed by atoms with E-state index in [2.05, 4.69) is 31.0 Å². The van der Waals surface area contributed by atoms with E-state index >= 15 is 0 Å². The van der Waals surface area contributed by atoms with Gasteiger partial charge in [-0.15, -0.1) is 0 Å². The van der Waals surface area contributed by atoms with Gasteiger partial charge < -0.3 is 15.1 Å². The van der Waals surface area contributed by atoms with Gasteiger partial charge >= 0.3 is 6.03 Å². The summed E-state index contributed by atoms with van der Waals surface area (Å²) in [7, 11) is 0. The average molecular weight is 309 g/mol. The van der Waals surface area contributed by atoms with Crippen LogP contribution in [0.25, 0.3) is 0 Å². The van der Waals surface area contributed by atoms with Crippen LogP contribution in [0, 0.1) is 17.8 Å². The minimum absolute atomic E-state index is 0.145. The van der Waals surface area contributed by atoms with Crippen molar-refractivity contribution in [2.75, 3.05) is 39.3 Å². The lowest BCUT2D eigenvalue weighted by Crippen LogP contribution is -2.44. The molecule has 2 aliphatic rings. The summed E-state index contributed by atoms with van der Waals surface area (Å²) in [6.45, 7) is 13.4. The van der Waals surface area contributed by atoms with Crippen molar-refractivity contribution in [2.45, 2.75) is 52.9 Å². The van der Waals surface area contributed by atoms with Crippen molar-refractivity contribution in [3.63, 3.8) is 0 Å². The normalized spacial score (nSPS) is 27.9. The van der Waals surface area contributed by atoms with Crippen LogP contribution in [0.1, 0.15) is 52.9 Å². The predicted octanol–water partition coefficient (Wildman–Crippen LogP) is 3.19. The van der Waals surface area contributed by atoms with Gasteiger partial charge in [-0.25, -0.2) is 4.79 Å². The van der Waals surface area contributed by atoms with E-state index in [1.165, 1.54) is 32.5 Å². The highest BCUT2D eigenvalue weighted by Crippen LogP contribution is 2.21. The van der Waals surface area contributed by atoms with Crippen molar-refractivity contribution < 1.29 is 4.79 Å². The number of unbranched alkanes of at least 4 members (excludes halogenated alkanes) is 1. The van der Waals surface area contributed by atoms with E-state index in [1.807, 2.05) is 4.90 Å². The lowest BCUT2D eigenvalue weighted by atomic mass is 9.92. The second kappa shape index (κ2) is 8.76. The van der Waals surface area contributed by atoms with Gasteiger partial charge in [0.15, 0.2) is 0 Å². The summed E-state index contributed by atoms with van der Waals surface area (Å²) in [6, 6.07) is 0.145. The molecule has 0 aromatic rings. The number of hydrogen-bond donors (Lipinski definition) is 1. The van der Waals surface area contributed by atoms with E-state index in [4.69, 9.17) is 0 Å². The van der Waals surface area contributed by atoms with Gasteiger partial charge in [0.1, 0.15) is 0 Å². The molecule has 0 bridgehead atoms. The molecule has 2 rings (SSSR count). The van der Waals surface area contributed by atoms with E-state index in [-0.39, 0.29) is 6.03 Å². The van der Waals surface area contributed by atoms with Crippen LogP contribution in [0.5, 0.6) is 0 Å². The second-order valence-electron chi connectivity index (χ2n) is 7.81. The molecule has 4 nitrogen and oxygen atoms in total. The molecule has 0 aromatic heterocycles. The number of hydrogen-bond acceptors (Lipinski definition) is 2. The minimum Gasteiger partial charge on any atom is -0.338 e. The Morgan fingerprint density at radius 3 is 2.27 bits per heavy atom. The first kappa shape index (κ1) is 17.6. The van der Waals surface area contributed by atoms with E-state index in [1.54, 1.807) is 0 Å². The molecule has 0 radical (unpaired) electrons. The summed E-state index contributed by atoms with van der Waals surface area (Å²) >= 11 is 0. The van der Waals surface area contributed by atoms with Crippen LogP contribution in [0.3, 0.4) is 0 Å². The van der Waals surface area contributed by atoms with Crippen LogP contribution in [0.4, 0.5) is 4.79 Å². The third-order valence-electron chi connectivity index (χ3n) is 5.19. The Hall–Kier alpha value is -0.770. The molecule has 1 N–H and O–H groups in total. The van der Waals surface area contributed by atoms with Gasteiger partial charge in [-0.1, -0.05) is 20.8 Å². The van der Waals surface area contributed by atoms with E-state index in [0.717, 1.165) is 56.7 Å². The number of likely N-dealkylation sites (tertiary alicyclic amines) is 2. The zero-order valence-electron chi connectivity index (χ0n) is 14.8. The Morgan fingerprint density at radius 1 is 1.00 bits per heavy atom. The highest BCUT2D eigenvalue weighted by Gasteiger charge is 2.21. The first-order chi connectivity index (χ1) is 10.5. The average Bonchev–Trinajstić information content (AvgIpc) is 2.46. The van der Waals surface area contributed by atoms with Crippen molar-refractivity contribution in [2.24, 2.45) is 17.8 Å². The first-order valence-corrected chi connectivity index (χ1v) is 9.29. The molecule has 0 spiro atoms. The highest BCUT2D eigenvalue weighted by atomic mass is 16.2. The van der Waals surface area contributed by atoms with Gasteiger partial charge in [0.25, 0.3) is 0 Å². The predicted molar refractivity (Wildman–Crippen MR) is 92.0 cm³/mol. The lowest BCUT2D eigenvalue weighted by molar-refractivity contribution is 0.138. The second-order valence-corrected chi connectivity index (χ2v) is 7.81. The van der Waals surface area contributed by atoms with Crippen LogP contribution >= 0.6 is 0 Å². The van der Waals surface area contributed by atoms with Crippen LogP contribution < -0.4 is 5.32 Å². The topological polar surface area (TPSA) is 35.6 Å². The number of piperidine rings is 2. The molecule has 4 heteroatoms. The van der Waals surface area contributed by atoms with E-state index in [9.17, 15) is 4.79 Å². The Balaban J connectivity index is 1.53. The third-order valence-corrected chi connectivity index (χ3v) is 5.19. The van der Waals surface area contributed by atoms with Gasteiger partial charge in [0, 0.05) is 32.7 Å². The van der Waals surface area contributed by atoms with Crippen LogP contribution in [0.15, 0.2) is 0 Å². The molecule has 0 saturated carbocycles. The fourth-order valence-electron chi connectivity index (χ4n) is 3.95. The largest absolute Gasteiger partial charge is 0.338 e. The van der Waals surface area contributed by atoms with Gasteiger partial charge in [0.2, 0.25) is 0 Å². The Bertz CT molecular complexity index is 329. The molecule has 22 heavy (non-hydrogen) atoms. The van der Waals surface area contributed by atoms with Gasteiger partial charge in [-0.3, -0.25) is 0 Å². The SMILES string of the molecule is CC1CCN(C(=O)NCCCCN2CC(C)CC(C)C2)CC1. The number of amides is 2. The maximum Gasteiger partial charge on any atom is 0.317 e. The quantitative estimate of drug-likeness (QED) is 0.792. The van der Waals surface area contributed by atoms with Crippen LogP contribution in [-0.4, -0.2) is 55.1 Å². The van der Waals surface area contributed by atoms with Crippen molar-refractivity contribution in [1.29, 1.82) is 0 Å². The van der Waals surface area contributed by atoms with Crippen molar-refractivity contribution >= 4 is 6.03 Å². The number of nitrogens with one attached hydrogen (secondary N) is 1. The summed E-state index contributed by atoms with van der Waals surface area (Å²) in [6.07, 6.45) is 5.96. The molecule has 128 valence electrons. The van der Waals surface area contributed by atoms with Gasteiger partial charge in [0.05, 0.1) is 0 Å². The van der Waals surface area contributed by atoms with E-state index < -0.39 is 0 Å². The number of carbonyl (C=O) groups excluding carboxylic acids is 1. The zero-order chi connectivity index (χ0) is 15.9. The Morgan fingerprint density at radius 2 is 1.64 bits per heavy atom. The fourth-order valence-corrected chi connectivity index (χ4v) is 3.95. The smallest absolute Gasteiger partial charge is 0.317 e. The van der Waals surface area contributed by atoms with Crippen LogP contribution in [-0.2, 0) is 0 Å². The molecule has 2 fully saturated rings. The van der Waals surface area contributed by atoms with Crippen molar-refractivity contribution in [1.82, 2.24) is 15.1 Å². The maximum absolute atomic E-state index is 12.1. The Labute approximate surface area is 136 Å². The molecular formula is C18H35N3O. The lowest BCUT2D eigenvalue weighted by Gasteiger charge is -2.35. The van der Waals surface area contributed by atoms with Crippen LogP contribution in [0.2, 0.25) is 0 Å². The summed E-state index contributed by atoms with van der Waals surface area (Å²) < 4.78 is 0. The fraction of sp³-hybridized carbons (Fsp3) is 0.944. The molecule has 2 unspecified atom stereocenters. The van der Waals surface area contributed by atoms with E-state index in [0.29, 0.717) is 0 Å². The Kier molecular flexibility index (Phi) is 7.00. The molecule has 2 atom stereocenters. The minimum atomic E-state index is 0.145. The molecule has 2 aliphatic heterocycles. The monoisotopic (exact) mass is 309 g/mol. The molecule has 2 amide bonds. The highest BCUT2D eigenvalue weighted by molar-refractivity contribution is 5.74. The van der Waals surface area contributed by atoms with Gasteiger partial charge in [-0.05, 0) is 56.4 Å².